The molecule has 0 spiro atoms. The molecule has 0 saturated heterocycles. The van der Waals surface area contributed by atoms with Gasteiger partial charge in [-0.05, 0) is 13.3 Å². The van der Waals surface area contributed by atoms with E-state index in [9.17, 15) is 9.59 Å². The van der Waals surface area contributed by atoms with Gasteiger partial charge in [0, 0.05) is 12.3 Å². The lowest BCUT2D eigenvalue weighted by molar-refractivity contribution is -0.137. The summed E-state index contributed by atoms with van der Waals surface area (Å²) in [5.74, 6) is -0.696. The molecule has 1 aromatic heterocycles. The van der Waals surface area contributed by atoms with Crippen molar-refractivity contribution in [1.29, 1.82) is 0 Å². The molecule has 0 atom stereocenters. The third-order valence-electron chi connectivity index (χ3n) is 2.44. The van der Waals surface area contributed by atoms with Crippen molar-refractivity contribution >= 4 is 5.97 Å². The summed E-state index contributed by atoms with van der Waals surface area (Å²) in [6.45, 7) is 4.02. The molecule has 0 aliphatic rings. The molecule has 5 nitrogen and oxygen atoms in total. The molecule has 0 radical (unpaired) electrons. The zero-order valence-corrected chi connectivity index (χ0v) is 10.1. The van der Waals surface area contributed by atoms with Crippen LogP contribution in [0.1, 0.15) is 25.5 Å². The molecule has 94 valence electrons. The van der Waals surface area contributed by atoms with E-state index in [0.717, 1.165) is 12.8 Å². The van der Waals surface area contributed by atoms with Crippen LogP contribution in [-0.2, 0) is 11.3 Å². The normalized spacial score (nSPS) is 10.2. The second kappa shape index (κ2) is 6.08. The minimum Gasteiger partial charge on any atom is -0.488 e. The van der Waals surface area contributed by atoms with Gasteiger partial charge in [0.25, 0.3) is 0 Å². The molecular weight excluding hydrogens is 222 g/mol. The Morgan fingerprint density at radius 1 is 1.53 bits per heavy atom. The van der Waals surface area contributed by atoms with E-state index in [-0.39, 0.29) is 17.7 Å². The number of hydrogen-bond donors (Lipinski definition) is 1. The predicted molar refractivity (Wildman–Crippen MR) is 63.5 cm³/mol. The van der Waals surface area contributed by atoms with E-state index in [1.807, 2.05) is 6.92 Å². The SMILES string of the molecule is CCCCOc1c(C)n(CC(=O)O)ccc1=O. The summed E-state index contributed by atoms with van der Waals surface area (Å²) in [6, 6.07) is 1.33. The van der Waals surface area contributed by atoms with Gasteiger partial charge in [0.2, 0.25) is 5.43 Å². The molecular formula is C12H17NO4. The molecule has 1 N–H and O–H groups in total. The van der Waals surface area contributed by atoms with Gasteiger partial charge in [-0.25, -0.2) is 0 Å². The van der Waals surface area contributed by atoms with E-state index in [2.05, 4.69) is 0 Å². The molecule has 0 bridgehead atoms. The minimum absolute atomic E-state index is 0.170. The third-order valence-corrected chi connectivity index (χ3v) is 2.44. The number of carbonyl (C=O) groups is 1. The van der Waals surface area contributed by atoms with Gasteiger partial charge in [0.05, 0.1) is 12.3 Å². The van der Waals surface area contributed by atoms with Crippen LogP contribution in [-0.4, -0.2) is 22.2 Å². The van der Waals surface area contributed by atoms with E-state index in [1.54, 1.807) is 6.92 Å². The lowest BCUT2D eigenvalue weighted by Crippen LogP contribution is -2.18. The van der Waals surface area contributed by atoms with Gasteiger partial charge in [0.1, 0.15) is 6.54 Å². The van der Waals surface area contributed by atoms with Crippen LogP contribution in [0.4, 0.5) is 0 Å². The Balaban J connectivity index is 2.94. The van der Waals surface area contributed by atoms with Gasteiger partial charge in [-0.3, -0.25) is 9.59 Å². The van der Waals surface area contributed by atoms with Crippen LogP contribution < -0.4 is 10.2 Å². The molecule has 0 saturated carbocycles. The second-order valence-electron chi connectivity index (χ2n) is 3.82. The Bertz CT molecular complexity index is 450. The van der Waals surface area contributed by atoms with Crippen molar-refractivity contribution in [3.8, 4) is 5.75 Å². The predicted octanol–water partition coefficient (Wildman–Crippen LogP) is 1.42. The Morgan fingerprint density at radius 3 is 2.82 bits per heavy atom. The molecule has 0 aliphatic carbocycles. The van der Waals surface area contributed by atoms with E-state index < -0.39 is 5.97 Å². The molecule has 0 aliphatic heterocycles. The zero-order chi connectivity index (χ0) is 12.8. The Labute approximate surface area is 99.6 Å². The number of aromatic nitrogens is 1. The smallest absolute Gasteiger partial charge is 0.323 e. The Kier molecular flexibility index (Phi) is 4.75. The van der Waals surface area contributed by atoms with Crippen LogP contribution in [0.5, 0.6) is 5.75 Å². The fourth-order valence-corrected chi connectivity index (χ4v) is 1.47. The quantitative estimate of drug-likeness (QED) is 0.762. The van der Waals surface area contributed by atoms with Crippen LogP contribution >= 0.6 is 0 Å². The van der Waals surface area contributed by atoms with Crippen LogP contribution in [0.25, 0.3) is 0 Å². The Hall–Kier alpha value is -1.78. The van der Waals surface area contributed by atoms with E-state index >= 15 is 0 Å². The van der Waals surface area contributed by atoms with Gasteiger partial charge < -0.3 is 14.4 Å². The Morgan fingerprint density at radius 2 is 2.24 bits per heavy atom. The molecule has 1 aromatic rings. The standard InChI is InChI=1S/C12H17NO4/c1-3-4-7-17-12-9(2)13(8-11(15)16)6-5-10(12)14/h5-6H,3-4,7-8H2,1-2H3,(H,15,16). The van der Waals surface area contributed by atoms with Crippen molar-refractivity contribution in [2.45, 2.75) is 33.2 Å². The maximum atomic E-state index is 11.6. The minimum atomic E-state index is -0.948. The maximum Gasteiger partial charge on any atom is 0.323 e. The number of carboxylic acids is 1. The maximum absolute atomic E-state index is 11.6. The number of rotatable bonds is 6. The summed E-state index contributed by atoms with van der Waals surface area (Å²) < 4.78 is 6.90. The number of nitrogens with zero attached hydrogens (tertiary/aromatic N) is 1. The van der Waals surface area contributed by atoms with Crippen molar-refractivity contribution in [3.63, 3.8) is 0 Å². The van der Waals surface area contributed by atoms with Crippen molar-refractivity contribution in [1.82, 2.24) is 4.57 Å². The number of aliphatic carboxylic acids is 1. The van der Waals surface area contributed by atoms with Crippen molar-refractivity contribution in [2.75, 3.05) is 6.61 Å². The van der Waals surface area contributed by atoms with Gasteiger partial charge in [-0.2, -0.15) is 0 Å². The van der Waals surface area contributed by atoms with E-state index in [0.29, 0.717) is 12.3 Å². The monoisotopic (exact) mass is 239 g/mol. The molecule has 5 heteroatoms. The fourth-order valence-electron chi connectivity index (χ4n) is 1.47. The lowest BCUT2D eigenvalue weighted by atomic mass is 10.3. The van der Waals surface area contributed by atoms with E-state index in [4.69, 9.17) is 9.84 Å². The molecule has 0 amide bonds. The zero-order valence-electron chi connectivity index (χ0n) is 10.1. The molecule has 1 heterocycles. The van der Waals surface area contributed by atoms with Crippen molar-refractivity contribution in [2.24, 2.45) is 0 Å². The fraction of sp³-hybridized carbons (Fsp3) is 0.500. The molecule has 0 unspecified atom stereocenters. The van der Waals surface area contributed by atoms with Crippen LogP contribution in [0.2, 0.25) is 0 Å². The van der Waals surface area contributed by atoms with E-state index in [1.165, 1.54) is 16.8 Å². The summed E-state index contributed by atoms with van der Waals surface area (Å²) >= 11 is 0. The highest BCUT2D eigenvalue weighted by Crippen LogP contribution is 2.12. The highest BCUT2D eigenvalue weighted by molar-refractivity contribution is 5.66. The topological polar surface area (TPSA) is 68.5 Å². The first-order valence-electron chi connectivity index (χ1n) is 5.61. The average molecular weight is 239 g/mol. The second-order valence-corrected chi connectivity index (χ2v) is 3.82. The van der Waals surface area contributed by atoms with Gasteiger partial charge in [0.15, 0.2) is 5.75 Å². The average Bonchev–Trinajstić information content (AvgIpc) is 2.27. The molecule has 0 aromatic carbocycles. The van der Waals surface area contributed by atoms with Crippen LogP contribution in [0.15, 0.2) is 17.1 Å². The summed E-state index contributed by atoms with van der Waals surface area (Å²) in [4.78, 5) is 22.2. The lowest BCUT2D eigenvalue weighted by Gasteiger charge is -2.12. The number of pyridine rings is 1. The number of carboxylic acid groups (broad SMARTS) is 1. The number of ether oxygens (including phenoxy) is 1. The van der Waals surface area contributed by atoms with Crippen LogP contribution in [0.3, 0.4) is 0 Å². The van der Waals surface area contributed by atoms with Crippen molar-refractivity contribution < 1.29 is 14.6 Å². The first-order valence-corrected chi connectivity index (χ1v) is 5.61. The molecule has 1 rings (SSSR count). The third kappa shape index (κ3) is 3.62. The molecule has 0 fully saturated rings. The summed E-state index contributed by atoms with van der Waals surface area (Å²) in [7, 11) is 0. The highest BCUT2D eigenvalue weighted by Gasteiger charge is 2.10. The number of hydrogen-bond acceptors (Lipinski definition) is 3. The molecule has 17 heavy (non-hydrogen) atoms. The summed E-state index contributed by atoms with van der Waals surface area (Å²) in [5.41, 5.74) is 0.344. The number of unbranched alkanes of at least 4 members (excludes halogenated alkanes) is 1. The summed E-state index contributed by atoms with van der Waals surface area (Å²) in [5, 5.41) is 8.73. The largest absolute Gasteiger partial charge is 0.488 e. The first-order chi connectivity index (χ1) is 8.06. The van der Waals surface area contributed by atoms with Gasteiger partial charge in [-0.1, -0.05) is 13.3 Å². The summed E-state index contributed by atoms with van der Waals surface area (Å²) in [6.07, 6.45) is 3.32. The van der Waals surface area contributed by atoms with Crippen LogP contribution in [0, 0.1) is 6.92 Å². The first kappa shape index (κ1) is 13.3. The van der Waals surface area contributed by atoms with Gasteiger partial charge in [-0.15, -0.1) is 0 Å². The highest BCUT2D eigenvalue weighted by atomic mass is 16.5. The van der Waals surface area contributed by atoms with Gasteiger partial charge >= 0.3 is 5.97 Å². The van der Waals surface area contributed by atoms with Crippen molar-refractivity contribution in [3.05, 3.63) is 28.2 Å².